The number of hydrogen-bond donors (Lipinski definition) is 1. The molecule has 8 heteroatoms. The largest absolute Gasteiger partial charge is 0.334 e. The molecule has 3 rings (SSSR count). The van der Waals surface area contributed by atoms with Gasteiger partial charge in [0.1, 0.15) is 6.54 Å². The third-order valence-electron chi connectivity index (χ3n) is 5.26. The molecule has 1 aliphatic heterocycles. The number of amides is 5. The third-order valence-corrected chi connectivity index (χ3v) is 5.49. The van der Waals surface area contributed by atoms with Crippen molar-refractivity contribution in [2.45, 2.75) is 45.6 Å². The second kappa shape index (κ2) is 7.68. The Labute approximate surface area is 162 Å². The Bertz CT molecular complexity index is 810. The zero-order chi connectivity index (χ0) is 19.7. The molecule has 5 amide bonds. The van der Waals surface area contributed by atoms with Gasteiger partial charge in [-0.2, -0.15) is 0 Å². The van der Waals surface area contributed by atoms with Gasteiger partial charge in [0.05, 0.1) is 0 Å². The summed E-state index contributed by atoms with van der Waals surface area (Å²) in [5.74, 6) is -2.21. The summed E-state index contributed by atoms with van der Waals surface area (Å²) >= 11 is 5.93. The maximum Gasteiger partial charge on any atom is 0.334 e. The number of nitrogens with zero attached hydrogens (tertiary/aromatic N) is 2. The summed E-state index contributed by atoms with van der Waals surface area (Å²) in [6.07, 6.45) is 3.56. The molecular weight excluding hydrogens is 370 g/mol. The Morgan fingerprint density at radius 1 is 1.19 bits per heavy atom. The fourth-order valence-electron chi connectivity index (χ4n) is 3.70. The van der Waals surface area contributed by atoms with E-state index in [1.54, 1.807) is 25.1 Å². The molecule has 0 spiro atoms. The number of hydrogen-bond acceptors (Lipinski definition) is 4. The van der Waals surface area contributed by atoms with Gasteiger partial charge in [-0.1, -0.05) is 37.4 Å². The first-order chi connectivity index (χ1) is 12.8. The molecule has 27 heavy (non-hydrogen) atoms. The molecule has 2 atom stereocenters. The smallest absolute Gasteiger partial charge is 0.324 e. The van der Waals surface area contributed by atoms with Crippen LogP contribution in [0.5, 0.6) is 0 Å². The second-order valence-electron chi connectivity index (χ2n) is 7.19. The molecule has 2 fully saturated rings. The predicted octanol–water partition coefficient (Wildman–Crippen LogP) is 2.96. The van der Waals surface area contributed by atoms with Gasteiger partial charge in [-0.15, -0.1) is 0 Å². The van der Waals surface area contributed by atoms with E-state index in [0.29, 0.717) is 17.1 Å². The van der Waals surface area contributed by atoms with Gasteiger partial charge in [-0.3, -0.25) is 19.3 Å². The Morgan fingerprint density at radius 3 is 2.59 bits per heavy atom. The summed E-state index contributed by atoms with van der Waals surface area (Å²) in [4.78, 5) is 51.5. The molecule has 1 saturated heterocycles. The summed E-state index contributed by atoms with van der Waals surface area (Å²) in [5, 5.41) is 3.09. The van der Waals surface area contributed by atoms with Gasteiger partial charge >= 0.3 is 17.8 Å². The lowest BCUT2D eigenvalue weighted by molar-refractivity contribution is -0.145. The van der Waals surface area contributed by atoms with Gasteiger partial charge in [-0.05, 0) is 43.4 Å². The molecule has 1 N–H and O–H groups in total. The molecule has 1 saturated carbocycles. The van der Waals surface area contributed by atoms with Gasteiger partial charge in [0, 0.05) is 16.8 Å². The van der Waals surface area contributed by atoms with E-state index in [4.69, 9.17) is 11.6 Å². The molecule has 1 aliphatic carbocycles. The van der Waals surface area contributed by atoms with Crippen molar-refractivity contribution in [2.75, 3.05) is 11.9 Å². The maximum atomic E-state index is 12.7. The normalized spacial score (nSPS) is 23.1. The average Bonchev–Trinajstić information content (AvgIpc) is 2.82. The summed E-state index contributed by atoms with van der Waals surface area (Å²) < 4.78 is 0. The van der Waals surface area contributed by atoms with Crippen LogP contribution < -0.4 is 5.32 Å². The number of aryl methyl sites for hydroxylation is 1. The lowest BCUT2D eigenvalue weighted by Crippen LogP contribution is -2.46. The minimum Gasteiger partial charge on any atom is -0.324 e. The Balaban J connectivity index is 1.72. The molecule has 144 valence electrons. The van der Waals surface area contributed by atoms with Crippen molar-refractivity contribution >= 4 is 41.0 Å². The van der Waals surface area contributed by atoms with Crippen molar-refractivity contribution < 1.29 is 19.2 Å². The van der Waals surface area contributed by atoms with E-state index in [9.17, 15) is 19.2 Å². The highest BCUT2D eigenvalue weighted by Crippen LogP contribution is 2.31. The van der Waals surface area contributed by atoms with Crippen LogP contribution in [0.2, 0.25) is 5.02 Å². The van der Waals surface area contributed by atoms with Crippen LogP contribution in [0, 0.1) is 12.8 Å². The third kappa shape index (κ3) is 3.83. The standard InChI is InChI=1S/C19H22ClN3O4/c1-11-7-8-13(20)9-14(11)21-16(24)10-22-17(25)18(26)23(19(22)27)15-6-4-3-5-12(15)2/h7-9,12,15H,3-6,10H2,1-2H3,(H,21,24)/t12-,15-/m1/s1. The minimum absolute atomic E-state index is 0.141. The highest BCUT2D eigenvalue weighted by atomic mass is 35.5. The minimum atomic E-state index is -0.948. The van der Waals surface area contributed by atoms with Crippen molar-refractivity contribution in [3.8, 4) is 0 Å². The van der Waals surface area contributed by atoms with Crippen LogP contribution in [0.1, 0.15) is 38.2 Å². The van der Waals surface area contributed by atoms with Crippen LogP contribution in [0.15, 0.2) is 18.2 Å². The fraction of sp³-hybridized carbons (Fsp3) is 0.474. The zero-order valence-corrected chi connectivity index (χ0v) is 16.1. The Kier molecular flexibility index (Phi) is 5.51. The first-order valence-corrected chi connectivity index (χ1v) is 9.42. The first kappa shape index (κ1) is 19.4. The van der Waals surface area contributed by atoms with Crippen molar-refractivity contribution in [3.63, 3.8) is 0 Å². The van der Waals surface area contributed by atoms with Crippen LogP contribution >= 0.6 is 11.6 Å². The van der Waals surface area contributed by atoms with Crippen LogP contribution in [-0.2, 0) is 14.4 Å². The molecule has 0 aromatic heterocycles. The summed E-state index contributed by atoms with van der Waals surface area (Å²) in [6.45, 7) is 3.27. The molecule has 0 unspecified atom stereocenters. The van der Waals surface area contributed by atoms with Crippen molar-refractivity contribution in [1.29, 1.82) is 0 Å². The molecule has 0 bridgehead atoms. The van der Waals surface area contributed by atoms with E-state index < -0.39 is 30.3 Å². The second-order valence-corrected chi connectivity index (χ2v) is 7.62. The van der Waals surface area contributed by atoms with Crippen molar-refractivity contribution in [2.24, 2.45) is 5.92 Å². The van der Waals surface area contributed by atoms with Crippen LogP contribution in [0.3, 0.4) is 0 Å². The molecule has 2 aliphatic rings. The molecule has 1 aromatic carbocycles. The Morgan fingerprint density at radius 2 is 1.89 bits per heavy atom. The monoisotopic (exact) mass is 391 g/mol. The summed E-state index contributed by atoms with van der Waals surface area (Å²) in [6, 6.07) is 4.04. The number of anilines is 1. The summed E-state index contributed by atoms with van der Waals surface area (Å²) in [5.41, 5.74) is 1.29. The first-order valence-electron chi connectivity index (χ1n) is 9.04. The van der Waals surface area contributed by atoms with E-state index in [1.807, 2.05) is 6.92 Å². The molecule has 7 nitrogen and oxygen atoms in total. The van der Waals surface area contributed by atoms with Crippen LogP contribution in [0.25, 0.3) is 0 Å². The van der Waals surface area contributed by atoms with E-state index in [0.717, 1.165) is 34.6 Å². The number of imide groups is 2. The average molecular weight is 392 g/mol. The number of carbonyl (C=O) groups is 4. The SMILES string of the molecule is Cc1ccc(Cl)cc1NC(=O)CN1C(=O)C(=O)N([C@@H]2CCCC[C@H]2C)C1=O. The van der Waals surface area contributed by atoms with Gasteiger partial charge in [0.2, 0.25) is 5.91 Å². The van der Waals surface area contributed by atoms with Crippen molar-refractivity contribution in [1.82, 2.24) is 9.80 Å². The fourth-order valence-corrected chi connectivity index (χ4v) is 3.87. The molecular formula is C19H22ClN3O4. The molecule has 0 radical (unpaired) electrons. The van der Waals surface area contributed by atoms with E-state index in [-0.39, 0.29) is 12.0 Å². The number of nitrogens with one attached hydrogen (secondary N) is 1. The highest BCUT2D eigenvalue weighted by molar-refractivity contribution is 6.45. The predicted molar refractivity (Wildman–Crippen MR) is 100 cm³/mol. The number of halogens is 1. The molecule has 1 heterocycles. The van der Waals surface area contributed by atoms with Gasteiger partial charge in [0.15, 0.2) is 0 Å². The molecule has 1 aromatic rings. The number of benzene rings is 1. The maximum absolute atomic E-state index is 12.7. The number of carbonyl (C=O) groups excluding carboxylic acids is 4. The zero-order valence-electron chi connectivity index (χ0n) is 15.3. The quantitative estimate of drug-likeness (QED) is 0.631. The lowest BCUT2D eigenvalue weighted by atomic mass is 9.85. The lowest BCUT2D eigenvalue weighted by Gasteiger charge is -2.34. The van der Waals surface area contributed by atoms with Gasteiger partial charge in [-0.25, -0.2) is 9.69 Å². The number of rotatable bonds is 4. The van der Waals surface area contributed by atoms with Crippen LogP contribution in [-0.4, -0.2) is 46.1 Å². The topological polar surface area (TPSA) is 86.8 Å². The van der Waals surface area contributed by atoms with E-state index >= 15 is 0 Å². The highest BCUT2D eigenvalue weighted by Gasteiger charge is 2.49. The van der Waals surface area contributed by atoms with Gasteiger partial charge in [0.25, 0.3) is 0 Å². The van der Waals surface area contributed by atoms with E-state index in [2.05, 4.69) is 5.32 Å². The Hall–Kier alpha value is -2.41. The summed E-state index contributed by atoms with van der Waals surface area (Å²) in [7, 11) is 0. The van der Waals surface area contributed by atoms with Crippen LogP contribution in [0.4, 0.5) is 10.5 Å². The van der Waals surface area contributed by atoms with E-state index in [1.165, 1.54) is 0 Å². The van der Waals surface area contributed by atoms with Gasteiger partial charge < -0.3 is 5.32 Å². The van der Waals surface area contributed by atoms with Crippen molar-refractivity contribution in [3.05, 3.63) is 28.8 Å². The number of urea groups is 1.